The van der Waals surface area contributed by atoms with E-state index >= 15 is 0 Å². The Morgan fingerprint density at radius 3 is 1.29 bits per heavy atom. The van der Waals surface area contributed by atoms with Crippen molar-refractivity contribution in [2.45, 2.75) is 39.5 Å². The van der Waals surface area contributed by atoms with Crippen LogP contribution >= 0.6 is 0 Å². The zero-order valence-electron chi connectivity index (χ0n) is 8.46. The van der Waals surface area contributed by atoms with Crippen LogP contribution in [0.25, 0.3) is 0 Å². The second-order valence-corrected chi connectivity index (χ2v) is 3.01. The van der Waals surface area contributed by atoms with Crippen molar-refractivity contribution in [2.24, 2.45) is 0 Å². The van der Waals surface area contributed by atoms with Crippen molar-refractivity contribution in [2.75, 3.05) is 0 Å². The third-order valence-electron chi connectivity index (χ3n) is 2.07. The third kappa shape index (κ3) is 4.64. The predicted molar refractivity (Wildman–Crippen MR) is 46.9 cm³/mol. The van der Waals surface area contributed by atoms with Crippen LogP contribution in [0.4, 0.5) is 0 Å². The van der Waals surface area contributed by atoms with Crippen LogP contribution in [0.2, 0.25) is 0 Å². The molecule has 80 valence electrons. The molecule has 0 fully saturated rings. The van der Waals surface area contributed by atoms with E-state index < -0.39 is 11.9 Å². The quantitative estimate of drug-likeness (QED) is 0.533. The largest absolute Gasteiger partial charge is 0.550 e. The standard InChI is InChI=1S/C10H16O4/c1-3-7(5-9(11)12)8(4-2)6-10(13)14/h3-6H2,1-2H3,(H,11,12)(H,13,14)/p-2. The molecule has 0 aliphatic rings. The van der Waals surface area contributed by atoms with E-state index in [0.29, 0.717) is 24.0 Å². The fraction of sp³-hybridized carbons (Fsp3) is 0.600. The van der Waals surface area contributed by atoms with E-state index in [1.165, 1.54) is 0 Å². The Kier molecular flexibility index (Phi) is 5.60. The van der Waals surface area contributed by atoms with Gasteiger partial charge in [-0.3, -0.25) is 0 Å². The average Bonchev–Trinajstić information content (AvgIpc) is 2.10. The van der Waals surface area contributed by atoms with Gasteiger partial charge < -0.3 is 19.8 Å². The number of hydrogen-bond donors (Lipinski definition) is 0. The SMILES string of the molecule is CCC(CC(=O)[O-])=C(CC)CC(=O)[O-]. The van der Waals surface area contributed by atoms with Gasteiger partial charge in [0.25, 0.3) is 0 Å². The van der Waals surface area contributed by atoms with E-state index in [4.69, 9.17) is 0 Å². The maximum atomic E-state index is 10.4. The van der Waals surface area contributed by atoms with Crippen LogP contribution < -0.4 is 10.2 Å². The Morgan fingerprint density at radius 1 is 0.857 bits per heavy atom. The number of carboxylic acid groups (broad SMARTS) is 2. The highest BCUT2D eigenvalue weighted by Crippen LogP contribution is 2.18. The zero-order chi connectivity index (χ0) is 11.1. The van der Waals surface area contributed by atoms with Crippen LogP contribution in [-0.2, 0) is 9.59 Å². The normalized spacial score (nSPS) is 12.1. The number of carbonyl (C=O) groups is 2. The fourth-order valence-corrected chi connectivity index (χ4v) is 1.35. The van der Waals surface area contributed by atoms with Gasteiger partial charge in [-0.1, -0.05) is 25.0 Å². The maximum Gasteiger partial charge on any atom is 0.0454 e. The van der Waals surface area contributed by atoms with Gasteiger partial charge in [0, 0.05) is 24.8 Å². The fourth-order valence-electron chi connectivity index (χ4n) is 1.35. The molecule has 0 saturated carbocycles. The van der Waals surface area contributed by atoms with Gasteiger partial charge in [0.2, 0.25) is 0 Å². The molecule has 0 aromatic carbocycles. The average molecular weight is 198 g/mol. The Bertz CT molecular complexity index is 227. The number of hydrogen-bond acceptors (Lipinski definition) is 4. The van der Waals surface area contributed by atoms with E-state index in [9.17, 15) is 19.8 Å². The van der Waals surface area contributed by atoms with Crippen LogP contribution in [0.5, 0.6) is 0 Å². The molecule has 0 radical (unpaired) electrons. The van der Waals surface area contributed by atoms with Crippen molar-refractivity contribution in [3.8, 4) is 0 Å². The summed E-state index contributed by atoms with van der Waals surface area (Å²) in [6.07, 6.45) is 0.689. The number of aliphatic carboxylic acids is 2. The highest BCUT2D eigenvalue weighted by Gasteiger charge is 2.04. The Morgan fingerprint density at radius 2 is 1.14 bits per heavy atom. The van der Waals surface area contributed by atoms with Gasteiger partial charge >= 0.3 is 0 Å². The summed E-state index contributed by atoms with van der Waals surface area (Å²) in [7, 11) is 0. The topological polar surface area (TPSA) is 80.3 Å². The summed E-state index contributed by atoms with van der Waals surface area (Å²) >= 11 is 0. The van der Waals surface area contributed by atoms with Crippen molar-refractivity contribution in [3.05, 3.63) is 11.1 Å². The summed E-state index contributed by atoms with van der Waals surface area (Å²) in [6, 6.07) is 0. The molecule has 0 aromatic heterocycles. The van der Waals surface area contributed by atoms with Crippen LogP contribution in [0.1, 0.15) is 39.5 Å². The van der Waals surface area contributed by atoms with Crippen LogP contribution in [0.15, 0.2) is 11.1 Å². The molecule has 0 aliphatic carbocycles. The van der Waals surface area contributed by atoms with Crippen LogP contribution in [-0.4, -0.2) is 11.9 Å². The first-order valence-corrected chi connectivity index (χ1v) is 4.60. The van der Waals surface area contributed by atoms with Gasteiger partial charge in [0.05, 0.1) is 0 Å². The number of carbonyl (C=O) groups excluding carboxylic acids is 2. The lowest BCUT2D eigenvalue weighted by atomic mass is 9.98. The Labute approximate surface area is 83.2 Å². The second kappa shape index (κ2) is 6.18. The first-order chi connectivity index (χ1) is 6.51. The molecule has 0 bridgehead atoms. The Balaban J connectivity index is 4.71. The molecule has 0 amide bonds. The molecule has 0 spiro atoms. The number of carboxylic acids is 2. The summed E-state index contributed by atoms with van der Waals surface area (Å²) in [5.41, 5.74) is 1.27. The minimum atomic E-state index is -1.17. The summed E-state index contributed by atoms with van der Waals surface area (Å²) in [4.78, 5) is 20.7. The monoisotopic (exact) mass is 198 g/mol. The second-order valence-electron chi connectivity index (χ2n) is 3.01. The van der Waals surface area contributed by atoms with Gasteiger partial charge in [-0.05, 0) is 12.8 Å². The molecule has 0 aliphatic heterocycles. The summed E-state index contributed by atoms with van der Waals surface area (Å²) in [6.45, 7) is 3.59. The Hall–Kier alpha value is -1.32. The molecule has 0 atom stereocenters. The smallest absolute Gasteiger partial charge is 0.0454 e. The van der Waals surface area contributed by atoms with E-state index in [1.807, 2.05) is 0 Å². The zero-order valence-corrected chi connectivity index (χ0v) is 8.46. The van der Waals surface area contributed by atoms with Crippen molar-refractivity contribution in [1.82, 2.24) is 0 Å². The summed E-state index contributed by atoms with van der Waals surface area (Å²) in [5, 5.41) is 20.7. The number of rotatable bonds is 6. The first-order valence-electron chi connectivity index (χ1n) is 4.60. The molecule has 0 heterocycles. The molecular formula is C10H14O4-2. The molecule has 4 nitrogen and oxygen atoms in total. The van der Waals surface area contributed by atoms with E-state index in [2.05, 4.69) is 0 Å². The summed E-state index contributed by atoms with van der Waals surface area (Å²) in [5.74, 6) is -2.35. The maximum absolute atomic E-state index is 10.4. The van der Waals surface area contributed by atoms with E-state index in [0.717, 1.165) is 0 Å². The highest BCUT2D eigenvalue weighted by molar-refractivity contribution is 5.71. The first kappa shape index (κ1) is 12.7. The molecule has 14 heavy (non-hydrogen) atoms. The van der Waals surface area contributed by atoms with Crippen LogP contribution in [0, 0.1) is 0 Å². The highest BCUT2D eigenvalue weighted by atomic mass is 16.4. The van der Waals surface area contributed by atoms with E-state index in [-0.39, 0.29) is 12.8 Å². The molecule has 0 rings (SSSR count). The predicted octanol–water partition coefficient (Wildman–Crippen LogP) is -0.617. The van der Waals surface area contributed by atoms with Crippen molar-refractivity contribution in [3.63, 3.8) is 0 Å². The molecule has 0 aromatic rings. The molecule has 0 saturated heterocycles. The van der Waals surface area contributed by atoms with Gasteiger partial charge in [-0.25, -0.2) is 0 Å². The van der Waals surface area contributed by atoms with Gasteiger partial charge in [0.1, 0.15) is 0 Å². The molecule has 0 unspecified atom stereocenters. The van der Waals surface area contributed by atoms with E-state index in [1.54, 1.807) is 13.8 Å². The lowest BCUT2D eigenvalue weighted by Crippen LogP contribution is -2.25. The van der Waals surface area contributed by atoms with Crippen molar-refractivity contribution >= 4 is 11.9 Å². The third-order valence-corrected chi connectivity index (χ3v) is 2.07. The minimum Gasteiger partial charge on any atom is -0.550 e. The van der Waals surface area contributed by atoms with Crippen LogP contribution in [0.3, 0.4) is 0 Å². The molecular weight excluding hydrogens is 184 g/mol. The lowest BCUT2D eigenvalue weighted by molar-refractivity contribution is -0.306. The molecule has 4 heteroatoms. The van der Waals surface area contributed by atoms with Gasteiger partial charge in [-0.2, -0.15) is 0 Å². The lowest BCUT2D eigenvalue weighted by Gasteiger charge is -2.14. The van der Waals surface area contributed by atoms with Gasteiger partial charge in [-0.15, -0.1) is 0 Å². The van der Waals surface area contributed by atoms with Crippen molar-refractivity contribution < 1.29 is 19.8 Å². The summed E-state index contributed by atoms with van der Waals surface area (Å²) < 4.78 is 0. The van der Waals surface area contributed by atoms with Crippen molar-refractivity contribution in [1.29, 1.82) is 0 Å². The minimum absolute atomic E-state index is 0.188. The molecule has 0 N–H and O–H groups in total. The van der Waals surface area contributed by atoms with Gasteiger partial charge in [0.15, 0.2) is 0 Å².